The molecule has 29 heavy (non-hydrogen) atoms. The number of nitrogens with zero attached hydrogens (tertiary/aromatic N) is 4. The number of rotatable bonds is 4. The predicted molar refractivity (Wildman–Crippen MR) is 114 cm³/mol. The van der Waals surface area contributed by atoms with Crippen molar-refractivity contribution in [2.24, 2.45) is 0 Å². The van der Waals surface area contributed by atoms with Crippen LogP contribution in [0.5, 0.6) is 0 Å². The van der Waals surface area contributed by atoms with Crippen LogP contribution in [0.15, 0.2) is 59.4 Å². The fraction of sp³-hybridized carbons (Fsp3) is 0.261. The van der Waals surface area contributed by atoms with Crippen LogP contribution in [0.4, 0.5) is 0 Å². The Morgan fingerprint density at radius 1 is 1.03 bits per heavy atom. The highest BCUT2D eigenvalue weighted by atomic mass is 16.1. The molecular formula is C23H23N5O. The summed E-state index contributed by atoms with van der Waals surface area (Å²) in [5.41, 5.74) is 4.76. The molecule has 1 N–H and O–H groups in total. The number of imidazole rings is 1. The van der Waals surface area contributed by atoms with Crippen molar-refractivity contribution in [1.82, 2.24) is 24.4 Å². The van der Waals surface area contributed by atoms with Crippen LogP contribution in [-0.2, 0) is 26.1 Å². The molecule has 0 fully saturated rings. The number of fused-ring (bicyclic) bond motifs is 2. The minimum absolute atomic E-state index is 0.0393. The van der Waals surface area contributed by atoms with Gasteiger partial charge in [0.15, 0.2) is 0 Å². The van der Waals surface area contributed by atoms with E-state index in [1.54, 1.807) is 0 Å². The van der Waals surface area contributed by atoms with E-state index < -0.39 is 0 Å². The van der Waals surface area contributed by atoms with Gasteiger partial charge in [-0.25, -0.2) is 9.97 Å². The zero-order valence-electron chi connectivity index (χ0n) is 16.4. The molecule has 0 radical (unpaired) electrons. The molecule has 2 aromatic heterocycles. The van der Waals surface area contributed by atoms with Crippen LogP contribution >= 0.6 is 0 Å². The van der Waals surface area contributed by atoms with Crippen LogP contribution in [0.25, 0.3) is 22.4 Å². The Balaban J connectivity index is 1.43. The zero-order valence-corrected chi connectivity index (χ0v) is 16.4. The minimum atomic E-state index is -0.0393. The molecule has 0 amide bonds. The number of para-hydroxylation sites is 2. The van der Waals surface area contributed by atoms with Gasteiger partial charge in [0.2, 0.25) is 0 Å². The van der Waals surface area contributed by atoms with E-state index in [1.807, 2.05) is 42.5 Å². The maximum Gasteiger partial charge on any atom is 0.255 e. The van der Waals surface area contributed by atoms with Crippen molar-refractivity contribution in [3.63, 3.8) is 0 Å². The maximum atomic E-state index is 12.8. The lowest BCUT2D eigenvalue weighted by molar-refractivity contribution is 0.233. The lowest BCUT2D eigenvalue weighted by Gasteiger charge is -2.27. The first-order chi connectivity index (χ1) is 14.2. The molecule has 0 saturated carbocycles. The summed E-state index contributed by atoms with van der Waals surface area (Å²) in [6, 6.07) is 18.0. The lowest BCUT2D eigenvalue weighted by atomic mass is 10.1. The normalized spacial score (nSPS) is 14.2. The van der Waals surface area contributed by atoms with Crippen LogP contribution in [0.2, 0.25) is 0 Å². The Hall–Kier alpha value is -3.25. The van der Waals surface area contributed by atoms with E-state index in [-0.39, 0.29) is 5.56 Å². The monoisotopic (exact) mass is 385 g/mol. The summed E-state index contributed by atoms with van der Waals surface area (Å²) in [4.78, 5) is 27.6. The Morgan fingerprint density at radius 2 is 1.83 bits per heavy atom. The Labute approximate surface area is 168 Å². The molecular weight excluding hydrogens is 362 g/mol. The smallest absolute Gasteiger partial charge is 0.255 e. The summed E-state index contributed by atoms with van der Waals surface area (Å²) >= 11 is 0. The van der Waals surface area contributed by atoms with Gasteiger partial charge in [0, 0.05) is 31.6 Å². The fourth-order valence-corrected chi connectivity index (χ4v) is 4.15. The molecule has 0 unspecified atom stereocenters. The maximum absolute atomic E-state index is 12.8. The molecule has 3 heterocycles. The first-order valence-corrected chi connectivity index (χ1v) is 10.1. The number of nitrogens with one attached hydrogen (secondary N) is 1. The molecule has 5 rings (SSSR count). The van der Waals surface area contributed by atoms with Crippen LogP contribution in [0, 0.1) is 0 Å². The number of aryl methyl sites for hydroxylation is 1. The lowest BCUT2D eigenvalue weighted by Crippen LogP contribution is -2.36. The molecule has 0 spiro atoms. The van der Waals surface area contributed by atoms with Gasteiger partial charge in [0.25, 0.3) is 5.56 Å². The van der Waals surface area contributed by atoms with E-state index in [0.717, 1.165) is 59.7 Å². The largest absolute Gasteiger partial charge is 0.327 e. The number of benzene rings is 2. The van der Waals surface area contributed by atoms with Gasteiger partial charge in [-0.3, -0.25) is 9.69 Å². The van der Waals surface area contributed by atoms with E-state index in [9.17, 15) is 4.79 Å². The van der Waals surface area contributed by atoms with Gasteiger partial charge in [-0.05, 0) is 19.1 Å². The molecule has 2 aromatic carbocycles. The van der Waals surface area contributed by atoms with Crippen molar-refractivity contribution in [1.29, 1.82) is 0 Å². The molecule has 6 nitrogen and oxygen atoms in total. The number of aromatic nitrogens is 4. The summed E-state index contributed by atoms with van der Waals surface area (Å²) in [7, 11) is 0. The van der Waals surface area contributed by atoms with Crippen molar-refractivity contribution in [2.45, 2.75) is 33.0 Å². The number of hydrogen-bond acceptors (Lipinski definition) is 4. The summed E-state index contributed by atoms with van der Waals surface area (Å²) in [5.74, 6) is 1.69. The van der Waals surface area contributed by atoms with Crippen LogP contribution in [-0.4, -0.2) is 31.0 Å². The highest BCUT2D eigenvalue weighted by Crippen LogP contribution is 2.22. The quantitative estimate of drug-likeness (QED) is 0.585. The Kier molecular flexibility index (Phi) is 4.48. The van der Waals surface area contributed by atoms with Gasteiger partial charge in [-0.15, -0.1) is 0 Å². The Morgan fingerprint density at radius 3 is 2.66 bits per heavy atom. The average Bonchev–Trinajstić information content (AvgIpc) is 3.11. The molecule has 0 aliphatic carbocycles. The molecule has 0 saturated heterocycles. The summed E-state index contributed by atoms with van der Waals surface area (Å²) in [5, 5.41) is 0. The minimum Gasteiger partial charge on any atom is -0.327 e. The van der Waals surface area contributed by atoms with Crippen molar-refractivity contribution < 1.29 is 0 Å². The van der Waals surface area contributed by atoms with E-state index in [2.05, 4.69) is 33.5 Å². The first-order valence-electron chi connectivity index (χ1n) is 10.1. The first kappa shape index (κ1) is 17.8. The second-order valence-electron chi connectivity index (χ2n) is 7.43. The SMILES string of the molecule is CCn1c(CN2CCc3nc(-c4ccccc4)[nH]c(=O)c3C2)nc2ccccc21. The van der Waals surface area contributed by atoms with Crippen LogP contribution in [0.3, 0.4) is 0 Å². The van der Waals surface area contributed by atoms with Crippen molar-refractivity contribution in [2.75, 3.05) is 6.54 Å². The van der Waals surface area contributed by atoms with Gasteiger partial charge in [0.1, 0.15) is 11.6 Å². The molecule has 1 aliphatic rings. The second-order valence-corrected chi connectivity index (χ2v) is 7.43. The topological polar surface area (TPSA) is 66.8 Å². The summed E-state index contributed by atoms with van der Waals surface area (Å²) < 4.78 is 2.26. The molecule has 4 aromatic rings. The van der Waals surface area contributed by atoms with E-state index in [0.29, 0.717) is 12.4 Å². The third-order valence-corrected chi connectivity index (χ3v) is 5.61. The van der Waals surface area contributed by atoms with Crippen LogP contribution < -0.4 is 5.56 Å². The molecule has 6 heteroatoms. The third kappa shape index (κ3) is 3.25. The van der Waals surface area contributed by atoms with Gasteiger partial charge in [0.05, 0.1) is 28.8 Å². The van der Waals surface area contributed by atoms with Crippen molar-refractivity contribution in [3.8, 4) is 11.4 Å². The third-order valence-electron chi connectivity index (χ3n) is 5.61. The number of hydrogen-bond donors (Lipinski definition) is 1. The summed E-state index contributed by atoms with van der Waals surface area (Å²) in [6.07, 6.45) is 0.769. The van der Waals surface area contributed by atoms with Crippen molar-refractivity contribution >= 4 is 11.0 Å². The second kappa shape index (κ2) is 7.29. The molecule has 1 aliphatic heterocycles. The standard InChI is InChI=1S/C23H23N5O/c1-2-28-20-11-7-6-10-19(20)24-21(28)15-27-13-12-18-17(14-27)23(29)26-22(25-18)16-8-4-3-5-9-16/h3-11H,2,12-15H2,1H3,(H,25,26,29). The summed E-state index contributed by atoms with van der Waals surface area (Å²) in [6.45, 7) is 5.21. The molecule has 0 bridgehead atoms. The van der Waals surface area contributed by atoms with Gasteiger partial charge in [-0.2, -0.15) is 0 Å². The van der Waals surface area contributed by atoms with Crippen LogP contribution in [0.1, 0.15) is 24.0 Å². The highest BCUT2D eigenvalue weighted by molar-refractivity contribution is 5.75. The number of aromatic amines is 1. The van der Waals surface area contributed by atoms with E-state index in [1.165, 1.54) is 0 Å². The van der Waals surface area contributed by atoms with E-state index in [4.69, 9.17) is 9.97 Å². The van der Waals surface area contributed by atoms with Gasteiger partial charge in [-0.1, -0.05) is 42.5 Å². The van der Waals surface area contributed by atoms with Gasteiger partial charge >= 0.3 is 0 Å². The average molecular weight is 385 g/mol. The molecule has 0 atom stereocenters. The predicted octanol–water partition coefficient (Wildman–Crippen LogP) is 3.36. The van der Waals surface area contributed by atoms with Gasteiger partial charge < -0.3 is 9.55 Å². The fourth-order valence-electron chi connectivity index (χ4n) is 4.15. The number of H-pyrrole nitrogens is 1. The van der Waals surface area contributed by atoms with E-state index >= 15 is 0 Å². The highest BCUT2D eigenvalue weighted by Gasteiger charge is 2.23. The Bertz CT molecular complexity index is 1230. The zero-order chi connectivity index (χ0) is 19.8. The molecule has 146 valence electrons. The van der Waals surface area contributed by atoms with Crippen molar-refractivity contribution in [3.05, 3.63) is 82.0 Å².